The zero-order valence-corrected chi connectivity index (χ0v) is 13.3. The number of carboxylic acids is 1. The highest BCUT2D eigenvalue weighted by Gasteiger charge is 2.26. The second-order valence-electron chi connectivity index (χ2n) is 6.59. The third kappa shape index (κ3) is 4.56. The van der Waals surface area contributed by atoms with Crippen LogP contribution in [-0.2, 0) is 11.3 Å². The Bertz CT molecular complexity index is 470. The van der Waals surface area contributed by atoms with Gasteiger partial charge in [0, 0.05) is 31.7 Å². The molecule has 0 aromatic carbocycles. The average Bonchev–Trinajstić information content (AvgIpc) is 2.87. The summed E-state index contributed by atoms with van der Waals surface area (Å²) in [6.45, 7) is 9.27. The topological polar surface area (TPSA) is 58.4 Å². The summed E-state index contributed by atoms with van der Waals surface area (Å²) in [5.74, 6) is 0.0517. The molecule has 2 atom stereocenters. The standard InChI is InChI=1S/C16H27N3O2/c1-12(2)19-8-6-15(17-19)11-18-7-4-5-14(10-18)13(3)9-16(20)21/h6,8,12-14H,4-5,7,9-11H2,1-3H3,(H,20,21). The maximum Gasteiger partial charge on any atom is 0.303 e. The smallest absolute Gasteiger partial charge is 0.303 e. The molecule has 1 aliphatic heterocycles. The van der Waals surface area contributed by atoms with E-state index in [0.717, 1.165) is 38.2 Å². The Labute approximate surface area is 126 Å². The highest BCUT2D eigenvalue weighted by atomic mass is 16.4. The van der Waals surface area contributed by atoms with Gasteiger partial charge in [0.1, 0.15) is 0 Å². The Kier molecular flexibility index (Phi) is 5.39. The van der Waals surface area contributed by atoms with Gasteiger partial charge in [0.25, 0.3) is 0 Å². The van der Waals surface area contributed by atoms with Gasteiger partial charge in [-0.05, 0) is 51.1 Å². The molecule has 2 unspecified atom stereocenters. The molecule has 0 aliphatic carbocycles. The van der Waals surface area contributed by atoms with Crippen LogP contribution in [0.25, 0.3) is 0 Å². The van der Waals surface area contributed by atoms with Gasteiger partial charge in [-0.2, -0.15) is 5.10 Å². The van der Waals surface area contributed by atoms with Crippen molar-refractivity contribution in [1.82, 2.24) is 14.7 Å². The molecule has 1 fully saturated rings. The van der Waals surface area contributed by atoms with Crippen molar-refractivity contribution in [1.29, 1.82) is 0 Å². The molecule has 21 heavy (non-hydrogen) atoms. The van der Waals surface area contributed by atoms with Crippen molar-refractivity contribution >= 4 is 5.97 Å². The van der Waals surface area contributed by atoms with E-state index in [9.17, 15) is 4.79 Å². The first-order chi connectivity index (χ1) is 9.95. The van der Waals surface area contributed by atoms with Gasteiger partial charge in [-0.15, -0.1) is 0 Å². The Morgan fingerprint density at radius 3 is 2.86 bits per heavy atom. The predicted octanol–water partition coefficient (Wildman–Crippen LogP) is 2.79. The SMILES string of the molecule is CC(CC(=O)O)C1CCCN(Cc2ccn(C(C)C)n2)C1. The zero-order chi connectivity index (χ0) is 15.4. The van der Waals surface area contributed by atoms with Gasteiger partial charge >= 0.3 is 5.97 Å². The van der Waals surface area contributed by atoms with E-state index in [1.807, 2.05) is 10.9 Å². The second-order valence-corrected chi connectivity index (χ2v) is 6.59. The molecule has 0 spiro atoms. The van der Waals surface area contributed by atoms with Crippen LogP contribution < -0.4 is 0 Å². The number of hydrogen-bond acceptors (Lipinski definition) is 3. The molecular formula is C16H27N3O2. The van der Waals surface area contributed by atoms with Crippen molar-refractivity contribution in [2.24, 2.45) is 11.8 Å². The monoisotopic (exact) mass is 293 g/mol. The first-order valence-electron chi connectivity index (χ1n) is 7.94. The lowest BCUT2D eigenvalue weighted by Gasteiger charge is -2.35. The van der Waals surface area contributed by atoms with Crippen molar-refractivity contribution in [3.8, 4) is 0 Å². The second kappa shape index (κ2) is 7.07. The van der Waals surface area contributed by atoms with E-state index in [4.69, 9.17) is 5.11 Å². The summed E-state index contributed by atoms with van der Waals surface area (Å²) in [5, 5.41) is 13.5. The normalized spacial score (nSPS) is 21.6. The molecule has 1 N–H and O–H groups in total. The molecule has 2 heterocycles. The summed E-state index contributed by atoms with van der Waals surface area (Å²) in [6.07, 6.45) is 4.61. The third-order valence-corrected chi connectivity index (χ3v) is 4.42. The first kappa shape index (κ1) is 16.0. The molecule has 1 aliphatic rings. The number of carbonyl (C=O) groups is 1. The number of carboxylic acid groups (broad SMARTS) is 1. The van der Waals surface area contributed by atoms with E-state index in [1.165, 1.54) is 0 Å². The van der Waals surface area contributed by atoms with Crippen molar-refractivity contribution in [3.05, 3.63) is 18.0 Å². The Hall–Kier alpha value is -1.36. The number of nitrogens with zero attached hydrogens (tertiary/aromatic N) is 3. The van der Waals surface area contributed by atoms with Crippen LogP contribution in [0.1, 0.15) is 51.8 Å². The van der Waals surface area contributed by atoms with Crippen LogP contribution in [0.5, 0.6) is 0 Å². The fourth-order valence-corrected chi connectivity index (χ4v) is 3.12. The molecule has 0 saturated carbocycles. The van der Waals surface area contributed by atoms with Crippen LogP contribution >= 0.6 is 0 Å². The van der Waals surface area contributed by atoms with Crippen LogP contribution in [0.4, 0.5) is 0 Å². The Balaban J connectivity index is 1.89. The van der Waals surface area contributed by atoms with Crippen LogP contribution in [0, 0.1) is 11.8 Å². The number of likely N-dealkylation sites (tertiary alicyclic amines) is 1. The first-order valence-corrected chi connectivity index (χ1v) is 7.94. The summed E-state index contributed by atoms with van der Waals surface area (Å²) in [7, 11) is 0. The minimum atomic E-state index is -0.685. The van der Waals surface area contributed by atoms with Gasteiger partial charge in [0.15, 0.2) is 0 Å². The van der Waals surface area contributed by atoms with E-state index < -0.39 is 5.97 Å². The molecule has 1 saturated heterocycles. The zero-order valence-electron chi connectivity index (χ0n) is 13.3. The summed E-state index contributed by atoms with van der Waals surface area (Å²) in [4.78, 5) is 13.3. The summed E-state index contributed by atoms with van der Waals surface area (Å²) in [5.41, 5.74) is 1.11. The van der Waals surface area contributed by atoms with Gasteiger partial charge in [0.05, 0.1) is 5.69 Å². The number of rotatable bonds is 6. The minimum absolute atomic E-state index is 0.249. The molecule has 0 amide bonds. The quantitative estimate of drug-likeness (QED) is 0.876. The van der Waals surface area contributed by atoms with Crippen molar-refractivity contribution in [3.63, 3.8) is 0 Å². The molecule has 1 aromatic rings. The number of aliphatic carboxylic acids is 1. The molecule has 0 radical (unpaired) electrons. The van der Waals surface area contributed by atoms with Gasteiger partial charge in [-0.25, -0.2) is 0 Å². The van der Waals surface area contributed by atoms with Gasteiger partial charge < -0.3 is 5.11 Å². The number of piperidine rings is 1. The van der Waals surface area contributed by atoms with Crippen LogP contribution in [0.3, 0.4) is 0 Å². The van der Waals surface area contributed by atoms with Crippen LogP contribution in [-0.4, -0.2) is 38.8 Å². The van der Waals surface area contributed by atoms with E-state index in [1.54, 1.807) is 0 Å². The lowest BCUT2D eigenvalue weighted by Crippen LogP contribution is -2.38. The minimum Gasteiger partial charge on any atom is -0.481 e. The van der Waals surface area contributed by atoms with Crippen LogP contribution in [0.15, 0.2) is 12.3 Å². The largest absolute Gasteiger partial charge is 0.481 e. The van der Waals surface area contributed by atoms with E-state index in [2.05, 4.69) is 36.8 Å². The number of hydrogen-bond donors (Lipinski definition) is 1. The van der Waals surface area contributed by atoms with Crippen molar-refractivity contribution in [2.75, 3.05) is 13.1 Å². The van der Waals surface area contributed by atoms with Gasteiger partial charge in [-0.1, -0.05) is 6.92 Å². The van der Waals surface area contributed by atoms with Crippen molar-refractivity contribution < 1.29 is 9.90 Å². The molecular weight excluding hydrogens is 266 g/mol. The molecule has 1 aromatic heterocycles. The molecule has 118 valence electrons. The Morgan fingerprint density at radius 2 is 2.24 bits per heavy atom. The fourth-order valence-electron chi connectivity index (χ4n) is 3.12. The van der Waals surface area contributed by atoms with E-state index in [-0.39, 0.29) is 12.3 Å². The summed E-state index contributed by atoms with van der Waals surface area (Å²) >= 11 is 0. The lowest BCUT2D eigenvalue weighted by molar-refractivity contribution is -0.138. The van der Waals surface area contributed by atoms with Gasteiger partial charge in [0.2, 0.25) is 0 Å². The molecule has 2 rings (SSSR count). The third-order valence-electron chi connectivity index (χ3n) is 4.42. The van der Waals surface area contributed by atoms with E-state index >= 15 is 0 Å². The number of aromatic nitrogens is 2. The lowest BCUT2D eigenvalue weighted by atomic mass is 9.84. The predicted molar refractivity (Wildman–Crippen MR) is 82.0 cm³/mol. The summed E-state index contributed by atoms with van der Waals surface area (Å²) in [6, 6.07) is 2.48. The van der Waals surface area contributed by atoms with E-state index in [0.29, 0.717) is 12.0 Å². The molecule has 0 bridgehead atoms. The average molecular weight is 293 g/mol. The van der Waals surface area contributed by atoms with Gasteiger partial charge in [-0.3, -0.25) is 14.4 Å². The fraction of sp³-hybridized carbons (Fsp3) is 0.750. The highest BCUT2D eigenvalue weighted by Crippen LogP contribution is 2.26. The maximum absolute atomic E-state index is 10.9. The maximum atomic E-state index is 10.9. The highest BCUT2D eigenvalue weighted by molar-refractivity contribution is 5.67. The Morgan fingerprint density at radius 1 is 1.48 bits per heavy atom. The molecule has 5 heteroatoms. The van der Waals surface area contributed by atoms with Crippen molar-refractivity contribution in [2.45, 2.75) is 52.6 Å². The van der Waals surface area contributed by atoms with Crippen LogP contribution in [0.2, 0.25) is 0 Å². The summed E-state index contributed by atoms with van der Waals surface area (Å²) < 4.78 is 1.99. The molecule has 5 nitrogen and oxygen atoms in total.